The van der Waals surface area contributed by atoms with Gasteiger partial charge >= 0.3 is 0 Å². The normalized spacial score (nSPS) is 16.3. The van der Waals surface area contributed by atoms with E-state index in [1.165, 1.54) is 10.5 Å². The molecule has 0 radical (unpaired) electrons. The molecule has 1 atom stereocenters. The van der Waals surface area contributed by atoms with Crippen LogP contribution in [0.2, 0.25) is 0 Å². The zero-order valence-electron chi connectivity index (χ0n) is 30.5. The molecule has 3 aromatic heterocycles. The van der Waals surface area contributed by atoms with E-state index in [9.17, 15) is 24.0 Å². The Morgan fingerprint density at radius 2 is 1.84 bits per heavy atom. The summed E-state index contributed by atoms with van der Waals surface area (Å²) in [5.41, 5.74) is 7.92. The fourth-order valence-electron chi connectivity index (χ4n) is 7.61. The number of hydrogen-bond acceptors (Lipinski definition) is 8. The maximum atomic E-state index is 13.1. The van der Waals surface area contributed by atoms with E-state index in [1.807, 2.05) is 52.2 Å². The lowest BCUT2D eigenvalue weighted by atomic mass is 10.0. The van der Waals surface area contributed by atoms with E-state index < -0.39 is 11.9 Å². The van der Waals surface area contributed by atoms with Crippen LogP contribution in [-0.2, 0) is 40.3 Å². The van der Waals surface area contributed by atoms with Crippen LogP contribution in [0.1, 0.15) is 82.0 Å². The van der Waals surface area contributed by atoms with E-state index in [0.717, 1.165) is 51.8 Å². The van der Waals surface area contributed by atoms with Gasteiger partial charge in [-0.3, -0.25) is 39.3 Å². The Kier molecular flexibility index (Phi) is 9.40. The summed E-state index contributed by atoms with van der Waals surface area (Å²) in [6.07, 6.45) is 5.93. The number of nitrogens with zero attached hydrogens (tertiary/aromatic N) is 6. The van der Waals surface area contributed by atoms with E-state index >= 15 is 0 Å². The largest absolute Gasteiger partial charge is 0.350 e. The van der Waals surface area contributed by atoms with Crippen molar-refractivity contribution in [2.24, 2.45) is 0 Å². The summed E-state index contributed by atoms with van der Waals surface area (Å²) in [4.78, 5) is 74.8. The highest BCUT2D eigenvalue weighted by molar-refractivity contribution is 6.05. The van der Waals surface area contributed by atoms with Crippen molar-refractivity contribution in [2.45, 2.75) is 65.1 Å². The molecule has 2 N–H and O–H groups in total. The molecule has 1 unspecified atom stereocenters. The van der Waals surface area contributed by atoms with Crippen molar-refractivity contribution in [1.29, 1.82) is 0 Å². The van der Waals surface area contributed by atoms with E-state index in [0.29, 0.717) is 49.3 Å². The molecule has 1 fully saturated rings. The Labute approximate surface area is 317 Å². The Morgan fingerprint density at radius 3 is 2.62 bits per heavy atom. The summed E-state index contributed by atoms with van der Waals surface area (Å²) in [6, 6.07) is 16.2. The quantitative estimate of drug-likeness (QED) is 0.145. The van der Waals surface area contributed by atoms with Crippen molar-refractivity contribution in [2.75, 3.05) is 13.1 Å². The number of nitrogens with one attached hydrogen (secondary N) is 2. The van der Waals surface area contributed by atoms with Gasteiger partial charge in [-0.05, 0) is 66.6 Å². The summed E-state index contributed by atoms with van der Waals surface area (Å²) < 4.78 is 1.97. The SMILES string of the molecule is CCc1nn(-c2cccc3cc(-c4ccc(C(=O)NCCC#Cc5cccc6c5CN(C5CCC(=O)NC5=O)C6=O)nc4)ncc23)c2c1CCN(C(C)=O)C2. The molecular weight excluding hydrogens is 697 g/mol. The van der Waals surface area contributed by atoms with Crippen LogP contribution in [0.15, 0.2) is 67.0 Å². The number of imide groups is 1. The third-order valence-electron chi connectivity index (χ3n) is 10.5. The first-order valence-electron chi connectivity index (χ1n) is 18.4. The third kappa shape index (κ3) is 6.71. The monoisotopic (exact) mass is 734 g/mol. The fourth-order valence-corrected chi connectivity index (χ4v) is 7.61. The highest BCUT2D eigenvalue weighted by Crippen LogP contribution is 2.32. The molecule has 13 heteroatoms. The number of aromatic nitrogens is 4. The number of rotatable bonds is 7. The molecule has 1 saturated heterocycles. The summed E-state index contributed by atoms with van der Waals surface area (Å²) in [5.74, 6) is 4.89. The first-order chi connectivity index (χ1) is 26.7. The van der Waals surface area contributed by atoms with Gasteiger partial charge < -0.3 is 15.1 Å². The molecule has 8 rings (SSSR count). The van der Waals surface area contributed by atoms with E-state index in [1.54, 1.807) is 31.3 Å². The minimum Gasteiger partial charge on any atom is -0.350 e. The third-order valence-corrected chi connectivity index (χ3v) is 10.5. The van der Waals surface area contributed by atoms with Crippen LogP contribution in [0, 0.1) is 11.8 Å². The van der Waals surface area contributed by atoms with Gasteiger partial charge in [0.2, 0.25) is 17.7 Å². The lowest BCUT2D eigenvalue weighted by Crippen LogP contribution is -2.52. The molecule has 276 valence electrons. The second-order valence-electron chi connectivity index (χ2n) is 13.9. The van der Waals surface area contributed by atoms with Gasteiger partial charge in [-0.2, -0.15) is 5.10 Å². The maximum Gasteiger partial charge on any atom is 0.269 e. The van der Waals surface area contributed by atoms with Crippen LogP contribution in [0.25, 0.3) is 27.7 Å². The molecule has 5 amide bonds. The zero-order chi connectivity index (χ0) is 38.2. The molecule has 13 nitrogen and oxygen atoms in total. The molecule has 2 aromatic carbocycles. The van der Waals surface area contributed by atoms with Crippen LogP contribution in [-0.4, -0.2) is 78.2 Å². The van der Waals surface area contributed by atoms with Crippen LogP contribution in [0.5, 0.6) is 0 Å². The molecule has 0 spiro atoms. The smallest absolute Gasteiger partial charge is 0.269 e. The summed E-state index contributed by atoms with van der Waals surface area (Å²) in [5, 5.41) is 12.1. The number of piperidine rings is 1. The predicted molar refractivity (Wildman–Crippen MR) is 203 cm³/mol. The molecule has 0 bridgehead atoms. The lowest BCUT2D eigenvalue weighted by molar-refractivity contribution is -0.137. The van der Waals surface area contributed by atoms with E-state index in [2.05, 4.69) is 34.4 Å². The lowest BCUT2D eigenvalue weighted by Gasteiger charge is -2.29. The Balaban J connectivity index is 0.909. The number of aryl methyl sites for hydroxylation is 1. The number of benzene rings is 2. The van der Waals surface area contributed by atoms with E-state index in [4.69, 9.17) is 10.1 Å². The van der Waals surface area contributed by atoms with Gasteiger partial charge in [0, 0.05) is 79.4 Å². The van der Waals surface area contributed by atoms with Crippen molar-refractivity contribution in [1.82, 2.24) is 40.2 Å². The average Bonchev–Trinajstić information content (AvgIpc) is 3.74. The van der Waals surface area contributed by atoms with Crippen molar-refractivity contribution >= 4 is 40.3 Å². The van der Waals surface area contributed by atoms with Crippen molar-refractivity contribution in [3.8, 4) is 28.8 Å². The summed E-state index contributed by atoms with van der Waals surface area (Å²) in [7, 11) is 0. The van der Waals surface area contributed by atoms with Crippen LogP contribution < -0.4 is 10.6 Å². The molecule has 3 aliphatic rings. The predicted octanol–water partition coefficient (Wildman–Crippen LogP) is 3.88. The average molecular weight is 735 g/mol. The van der Waals surface area contributed by atoms with Gasteiger partial charge in [0.25, 0.3) is 11.8 Å². The number of carbonyl (C=O) groups excluding carboxylic acids is 5. The van der Waals surface area contributed by atoms with Crippen LogP contribution in [0.4, 0.5) is 0 Å². The molecular formula is C42H38N8O5. The van der Waals surface area contributed by atoms with Crippen LogP contribution >= 0.6 is 0 Å². The second-order valence-corrected chi connectivity index (χ2v) is 13.9. The molecule has 5 aromatic rings. The first kappa shape index (κ1) is 35.4. The Hall–Kier alpha value is -6.68. The van der Waals surface area contributed by atoms with Crippen molar-refractivity contribution in [3.05, 3.63) is 106 Å². The number of pyridine rings is 2. The number of carbonyl (C=O) groups is 5. The van der Waals surface area contributed by atoms with Gasteiger partial charge in [-0.15, -0.1) is 0 Å². The minimum absolute atomic E-state index is 0.0537. The van der Waals surface area contributed by atoms with Gasteiger partial charge in [-0.1, -0.05) is 37.0 Å². The minimum atomic E-state index is -0.691. The Bertz CT molecular complexity index is 2480. The molecule has 0 saturated carbocycles. The van der Waals surface area contributed by atoms with Crippen molar-refractivity contribution in [3.63, 3.8) is 0 Å². The van der Waals surface area contributed by atoms with Gasteiger partial charge in [-0.25, -0.2) is 4.68 Å². The first-order valence-corrected chi connectivity index (χ1v) is 18.4. The highest BCUT2D eigenvalue weighted by atomic mass is 16.2. The fraction of sp³-hybridized carbons (Fsp3) is 0.286. The summed E-state index contributed by atoms with van der Waals surface area (Å²) >= 11 is 0. The molecule has 6 heterocycles. The number of hydrogen-bond donors (Lipinski definition) is 2. The number of amides is 5. The second kappa shape index (κ2) is 14.6. The highest BCUT2D eigenvalue weighted by Gasteiger charge is 2.39. The van der Waals surface area contributed by atoms with Gasteiger partial charge in [0.05, 0.1) is 29.3 Å². The maximum absolute atomic E-state index is 13.1. The standard InChI is InChI=1S/C42H38N8O5/c1-3-33-30-17-19-48(25(2)51)24-38(30)50(47-33)36-12-7-10-27-20-35(45-22-31(27)36)28-13-14-34(44-21-28)40(53)43-18-5-4-8-26-9-6-11-29-32(26)23-49(42(29)55)37-15-16-39(52)46-41(37)54/h6-7,9-14,20-22,37H,3,5,15-19,23-24H2,1-2H3,(H,43,53)(H,46,52,54). The van der Waals surface area contributed by atoms with Gasteiger partial charge in [0.15, 0.2) is 0 Å². The van der Waals surface area contributed by atoms with Crippen LogP contribution in [0.3, 0.4) is 0 Å². The zero-order valence-corrected chi connectivity index (χ0v) is 30.5. The molecule has 55 heavy (non-hydrogen) atoms. The summed E-state index contributed by atoms with van der Waals surface area (Å²) in [6.45, 7) is 5.46. The topological polar surface area (TPSA) is 159 Å². The number of fused-ring (bicyclic) bond motifs is 3. The van der Waals surface area contributed by atoms with Gasteiger partial charge in [0.1, 0.15) is 11.7 Å². The van der Waals surface area contributed by atoms with E-state index in [-0.39, 0.29) is 42.3 Å². The molecule has 0 aliphatic carbocycles. The van der Waals surface area contributed by atoms with Crippen molar-refractivity contribution < 1.29 is 24.0 Å². The molecule has 3 aliphatic heterocycles. The Morgan fingerprint density at radius 1 is 0.982 bits per heavy atom.